The van der Waals surface area contributed by atoms with E-state index in [-0.39, 0.29) is 5.82 Å². The van der Waals surface area contributed by atoms with Gasteiger partial charge in [0.15, 0.2) is 5.82 Å². The lowest BCUT2D eigenvalue weighted by molar-refractivity contribution is 0.332. The lowest BCUT2D eigenvalue weighted by Crippen LogP contribution is -2.22. The summed E-state index contributed by atoms with van der Waals surface area (Å²) in [6, 6.07) is 7.99. The summed E-state index contributed by atoms with van der Waals surface area (Å²) in [6.45, 7) is 1.40. The van der Waals surface area contributed by atoms with Crippen LogP contribution in [0.5, 0.6) is 0 Å². The molecule has 1 aliphatic rings. The zero-order chi connectivity index (χ0) is 16.1. The molecular weight excluding hydrogens is 333 g/mol. The highest BCUT2D eigenvalue weighted by molar-refractivity contribution is 7.98. The third kappa shape index (κ3) is 4.37. The van der Waals surface area contributed by atoms with Crippen LogP contribution in [0.3, 0.4) is 0 Å². The summed E-state index contributed by atoms with van der Waals surface area (Å²) in [6.07, 6.45) is 5.59. The third-order valence-corrected chi connectivity index (χ3v) is 5.29. The van der Waals surface area contributed by atoms with Gasteiger partial charge in [-0.15, -0.1) is 11.8 Å². The van der Waals surface area contributed by atoms with Crippen molar-refractivity contribution in [1.29, 1.82) is 0 Å². The Hall–Kier alpha value is -1.31. The number of thioether (sulfide) groups is 1. The largest absolute Gasteiger partial charge is 0.365 e. The predicted octanol–water partition coefficient (Wildman–Crippen LogP) is 4.24. The average Bonchev–Trinajstić information content (AvgIpc) is 2.62. The topological polar surface area (TPSA) is 47.0 Å². The third-order valence-electron chi connectivity index (χ3n) is 3.57. The molecule has 0 saturated carbocycles. The molecule has 0 bridgehead atoms. The number of aromatic nitrogens is 2. The SMILES string of the molecule is CSc1ccc(-c2cnc(F)c(NCC3CCCOS3)n2)cc1. The number of nitrogens with one attached hydrogen (secondary N) is 1. The molecule has 1 unspecified atom stereocenters. The number of nitrogens with zero attached hydrogens (tertiary/aromatic N) is 2. The molecular formula is C16H18FN3OS2. The van der Waals surface area contributed by atoms with Gasteiger partial charge in [-0.1, -0.05) is 12.1 Å². The van der Waals surface area contributed by atoms with Crippen molar-refractivity contribution in [2.45, 2.75) is 23.0 Å². The second-order valence-corrected chi connectivity index (χ2v) is 7.16. The Kier molecular flexibility index (Phi) is 5.75. The number of benzene rings is 1. The van der Waals surface area contributed by atoms with Crippen molar-refractivity contribution in [3.63, 3.8) is 0 Å². The van der Waals surface area contributed by atoms with Gasteiger partial charge in [-0.05, 0) is 43.3 Å². The molecule has 4 nitrogen and oxygen atoms in total. The highest BCUT2D eigenvalue weighted by atomic mass is 32.2. The second kappa shape index (κ2) is 7.99. The van der Waals surface area contributed by atoms with E-state index in [1.165, 1.54) is 23.1 Å². The molecule has 0 radical (unpaired) electrons. The normalized spacial score (nSPS) is 17.9. The van der Waals surface area contributed by atoms with Gasteiger partial charge in [0.05, 0.1) is 18.5 Å². The van der Waals surface area contributed by atoms with Crippen molar-refractivity contribution in [2.75, 3.05) is 24.7 Å². The standard InChI is InChI=1S/C16H18FN3OS2/c1-22-12-6-4-11(5-7-12)14-10-18-15(17)16(20-14)19-9-13-3-2-8-21-23-13/h4-7,10,13H,2-3,8-9H2,1H3,(H,19,20). The van der Waals surface area contributed by atoms with Gasteiger partial charge in [-0.2, -0.15) is 4.39 Å². The lowest BCUT2D eigenvalue weighted by atomic mass is 10.2. The Morgan fingerprint density at radius 2 is 2.22 bits per heavy atom. The first kappa shape index (κ1) is 16.5. The fourth-order valence-electron chi connectivity index (χ4n) is 2.30. The molecule has 1 N–H and O–H groups in total. The summed E-state index contributed by atoms with van der Waals surface area (Å²) in [5.74, 6) is -0.376. The van der Waals surface area contributed by atoms with Crippen molar-refractivity contribution in [3.05, 3.63) is 36.4 Å². The Morgan fingerprint density at radius 1 is 1.39 bits per heavy atom. The minimum absolute atomic E-state index is 0.197. The highest BCUT2D eigenvalue weighted by Gasteiger charge is 2.16. The van der Waals surface area contributed by atoms with Crippen LogP contribution >= 0.6 is 23.8 Å². The van der Waals surface area contributed by atoms with E-state index < -0.39 is 5.95 Å². The molecule has 1 aromatic heterocycles. The molecule has 7 heteroatoms. The fraction of sp³-hybridized carbons (Fsp3) is 0.375. The quantitative estimate of drug-likeness (QED) is 0.642. The van der Waals surface area contributed by atoms with E-state index >= 15 is 0 Å². The fourth-order valence-corrected chi connectivity index (χ4v) is 3.53. The first-order valence-electron chi connectivity index (χ1n) is 7.45. The van der Waals surface area contributed by atoms with Crippen LogP contribution in [-0.2, 0) is 4.18 Å². The zero-order valence-corrected chi connectivity index (χ0v) is 14.4. The van der Waals surface area contributed by atoms with Crippen molar-refractivity contribution >= 4 is 29.6 Å². The molecule has 0 aliphatic carbocycles. The molecule has 1 aromatic carbocycles. The van der Waals surface area contributed by atoms with Crippen LogP contribution in [0.4, 0.5) is 10.2 Å². The lowest BCUT2D eigenvalue weighted by Gasteiger charge is -2.21. The second-order valence-electron chi connectivity index (χ2n) is 5.19. The Bertz CT molecular complexity index is 648. The van der Waals surface area contributed by atoms with Gasteiger partial charge < -0.3 is 9.50 Å². The van der Waals surface area contributed by atoms with Crippen LogP contribution in [0.1, 0.15) is 12.8 Å². The van der Waals surface area contributed by atoms with Gasteiger partial charge in [-0.25, -0.2) is 9.97 Å². The first-order valence-corrected chi connectivity index (χ1v) is 9.48. The summed E-state index contributed by atoms with van der Waals surface area (Å²) < 4.78 is 19.2. The molecule has 1 saturated heterocycles. The zero-order valence-electron chi connectivity index (χ0n) is 12.8. The van der Waals surface area contributed by atoms with Gasteiger partial charge >= 0.3 is 0 Å². The summed E-state index contributed by atoms with van der Waals surface area (Å²) >= 11 is 3.14. The minimum Gasteiger partial charge on any atom is -0.365 e. The van der Waals surface area contributed by atoms with Crippen molar-refractivity contribution in [1.82, 2.24) is 9.97 Å². The van der Waals surface area contributed by atoms with Gasteiger partial charge in [-0.3, -0.25) is 0 Å². The van der Waals surface area contributed by atoms with Crippen LogP contribution in [0, 0.1) is 5.95 Å². The van der Waals surface area contributed by atoms with E-state index in [0.29, 0.717) is 17.5 Å². The van der Waals surface area contributed by atoms with Crippen LogP contribution in [0.25, 0.3) is 11.3 Å². The van der Waals surface area contributed by atoms with E-state index in [1.807, 2.05) is 30.5 Å². The monoisotopic (exact) mass is 351 g/mol. The van der Waals surface area contributed by atoms with Crippen molar-refractivity contribution < 1.29 is 8.57 Å². The van der Waals surface area contributed by atoms with E-state index in [1.54, 1.807) is 11.8 Å². The number of rotatable bonds is 5. The molecule has 1 aliphatic heterocycles. The number of halogens is 1. The van der Waals surface area contributed by atoms with Crippen LogP contribution in [0.15, 0.2) is 35.4 Å². The van der Waals surface area contributed by atoms with Crippen LogP contribution < -0.4 is 5.32 Å². The van der Waals surface area contributed by atoms with Gasteiger partial charge in [0.2, 0.25) is 0 Å². The molecule has 23 heavy (non-hydrogen) atoms. The van der Waals surface area contributed by atoms with Gasteiger partial charge in [0.25, 0.3) is 5.95 Å². The molecule has 2 aromatic rings. The minimum atomic E-state index is -0.573. The molecule has 1 atom stereocenters. The first-order chi connectivity index (χ1) is 11.3. The Balaban J connectivity index is 1.72. The van der Waals surface area contributed by atoms with E-state index in [4.69, 9.17) is 4.18 Å². The summed E-state index contributed by atoms with van der Waals surface area (Å²) in [4.78, 5) is 9.38. The maximum atomic E-state index is 13.9. The highest BCUT2D eigenvalue weighted by Crippen LogP contribution is 2.25. The Morgan fingerprint density at radius 3 is 2.91 bits per heavy atom. The Labute approximate surface area is 143 Å². The van der Waals surface area contributed by atoms with Crippen molar-refractivity contribution in [2.24, 2.45) is 0 Å². The van der Waals surface area contributed by atoms with Crippen LogP contribution in [-0.4, -0.2) is 34.6 Å². The molecule has 122 valence electrons. The number of anilines is 1. The van der Waals surface area contributed by atoms with Gasteiger partial charge in [0.1, 0.15) is 0 Å². The molecule has 3 rings (SSSR count). The van der Waals surface area contributed by atoms with E-state index in [9.17, 15) is 4.39 Å². The molecule has 0 amide bonds. The molecule has 2 heterocycles. The average molecular weight is 351 g/mol. The molecule has 0 spiro atoms. The van der Waals surface area contributed by atoms with Crippen molar-refractivity contribution in [3.8, 4) is 11.3 Å². The summed E-state index contributed by atoms with van der Waals surface area (Å²) in [7, 11) is 0. The number of hydrogen-bond donors (Lipinski definition) is 1. The summed E-state index contributed by atoms with van der Waals surface area (Å²) in [5.41, 5.74) is 1.59. The smallest absolute Gasteiger partial charge is 0.255 e. The van der Waals surface area contributed by atoms with E-state index in [2.05, 4.69) is 15.3 Å². The number of hydrogen-bond acceptors (Lipinski definition) is 6. The molecule has 1 fully saturated rings. The summed E-state index contributed by atoms with van der Waals surface area (Å²) in [5, 5.41) is 3.38. The maximum absolute atomic E-state index is 13.9. The van der Waals surface area contributed by atoms with Gasteiger partial charge in [0, 0.05) is 22.3 Å². The predicted molar refractivity (Wildman–Crippen MR) is 94.3 cm³/mol. The maximum Gasteiger partial charge on any atom is 0.255 e. The van der Waals surface area contributed by atoms with Crippen LogP contribution in [0.2, 0.25) is 0 Å². The van der Waals surface area contributed by atoms with E-state index in [0.717, 1.165) is 25.0 Å².